The molecule has 1 heterocycles. The molecule has 1 aromatic heterocycles. The monoisotopic (exact) mass is 278 g/mol. The number of aryl methyl sites for hydroxylation is 2. The maximum atomic E-state index is 12.4. The second kappa shape index (κ2) is 4.93. The van der Waals surface area contributed by atoms with Crippen molar-refractivity contribution in [1.29, 1.82) is 0 Å². The number of amides is 1. The van der Waals surface area contributed by atoms with E-state index in [0.717, 1.165) is 0 Å². The fourth-order valence-corrected chi connectivity index (χ4v) is 2.07. The number of anilines is 2. The standard InChI is InChI=1S/C13H15ClN4O/c1-8-10(7-17(2)16-8)13(19)18(3)12-6-9(14)4-5-11(12)15/h4-7H,15H2,1-3H3. The molecule has 0 aliphatic rings. The van der Waals surface area contributed by atoms with Crippen LogP contribution in [0.3, 0.4) is 0 Å². The van der Waals surface area contributed by atoms with Crippen LogP contribution in [-0.2, 0) is 7.05 Å². The molecule has 0 aliphatic heterocycles. The first kappa shape index (κ1) is 13.4. The molecule has 0 fully saturated rings. The molecule has 2 N–H and O–H groups in total. The fraction of sp³-hybridized carbons (Fsp3) is 0.231. The Morgan fingerprint density at radius 3 is 2.74 bits per heavy atom. The Morgan fingerprint density at radius 1 is 1.47 bits per heavy atom. The van der Waals surface area contributed by atoms with Crippen LogP contribution in [0.15, 0.2) is 24.4 Å². The first-order valence-corrected chi connectivity index (χ1v) is 6.11. The van der Waals surface area contributed by atoms with Crippen LogP contribution < -0.4 is 10.6 Å². The van der Waals surface area contributed by atoms with Crippen molar-refractivity contribution in [2.24, 2.45) is 7.05 Å². The summed E-state index contributed by atoms with van der Waals surface area (Å²) >= 11 is 5.94. The average Bonchev–Trinajstić information content (AvgIpc) is 2.69. The topological polar surface area (TPSA) is 64.2 Å². The van der Waals surface area contributed by atoms with E-state index in [-0.39, 0.29) is 5.91 Å². The van der Waals surface area contributed by atoms with Crippen molar-refractivity contribution >= 4 is 28.9 Å². The van der Waals surface area contributed by atoms with E-state index in [1.54, 1.807) is 50.1 Å². The minimum absolute atomic E-state index is 0.167. The SMILES string of the molecule is Cc1nn(C)cc1C(=O)N(C)c1cc(Cl)ccc1N. The number of aromatic nitrogens is 2. The van der Waals surface area contributed by atoms with Gasteiger partial charge >= 0.3 is 0 Å². The van der Waals surface area contributed by atoms with Crippen molar-refractivity contribution in [1.82, 2.24) is 9.78 Å². The van der Waals surface area contributed by atoms with Gasteiger partial charge in [0.15, 0.2) is 0 Å². The first-order valence-electron chi connectivity index (χ1n) is 5.73. The number of nitrogens with two attached hydrogens (primary N) is 1. The van der Waals surface area contributed by atoms with Crippen molar-refractivity contribution in [3.8, 4) is 0 Å². The smallest absolute Gasteiger partial charge is 0.261 e. The van der Waals surface area contributed by atoms with Gasteiger partial charge in [-0.15, -0.1) is 0 Å². The maximum Gasteiger partial charge on any atom is 0.261 e. The second-order valence-corrected chi connectivity index (χ2v) is 4.81. The van der Waals surface area contributed by atoms with Crippen LogP contribution in [-0.4, -0.2) is 22.7 Å². The third kappa shape index (κ3) is 2.56. The molecule has 0 saturated carbocycles. The average molecular weight is 279 g/mol. The summed E-state index contributed by atoms with van der Waals surface area (Å²) in [7, 11) is 3.44. The molecule has 19 heavy (non-hydrogen) atoms. The summed E-state index contributed by atoms with van der Waals surface area (Å²) in [6, 6.07) is 5.03. The molecule has 0 aliphatic carbocycles. The number of carbonyl (C=O) groups is 1. The molecule has 2 rings (SSSR count). The zero-order chi connectivity index (χ0) is 14.2. The highest BCUT2D eigenvalue weighted by Crippen LogP contribution is 2.27. The Kier molecular flexibility index (Phi) is 3.48. The largest absolute Gasteiger partial charge is 0.397 e. The zero-order valence-corrected chi connectivity index (χ0v) is 11.8. The minimum Gasteiger partial charge on any atom is -0.397 e. The van der Waals surface area contributed by atoms with Crippen LogP contribution in [0, 0.1) is 6.92 Å². The van der Waals surface area contributed by atoms with E-state index in [4.69, 9.17) is 17.3 Å². The third-order valence-electron chi connectivity index (χ3n) is 2.90. The molecular formula is C13H15ClN4O. The Bertz CT molecular complexity index is 636. The maximum absolute atomic E-state index is 12.4. The molecule has 0 unspecified atom stereocenters. The van der Waals surface area contributed by atoms with Crippen molar-refractivity contribution in [3.05, 3.63) is 40.7 Å². The van der Waals surface area contributed by atoms with Gasteiger partial charge in [-0.05, 0) is 25.1 Å². The van der Waals surface area contributed by atoms with Crippen LogP contribution in [0.2, 0.25) is 5.02 Å². The number of carbonyl (C=O) groups excluding carboxylic acids is 1. The van der Waals surface area contributed by atoms with E-state index >= 15 is 0 Å². The number of halogens is 1. The molecule has 0 radical (unpaired) electrons. The van der Waals surface area contributed by atoms with E-state index in [0.29, 0.717) is 27.7 Å². The predicted octanol–water partition coefficient (Wildman–Crippen LogP) is 2.24. The Hall–Kier alpha value is -2.01. The molecule has 0 atom stereocenters. The number of hydrogen-bond acceptors (Lipinski definition) is 3. The summed E-state index contributed by atoms with van der Waals surface area (Å²) in [5.41, 5.74) is 8.19. The van der Waals surface area contributed by atoms with Gasteiger partial charge in [0, 0.05) is 25.3 Å². The lowest BCUT2D eigenvalue weighted by atomic mass is 10.2. The normalized spacial score (nSPS) is 10.5. The molecule has 1 aromatic carbocycles. The summed E-state index contributed by atoms with van der Waals surface area (Å²) in [6.45, 7) is 1.79. The highest BCUT2D eigenvalue weighted by Gasteiger charge is 2.19. The van der Waals surface area contributed by atoms with Crippen LogP contribution in [0.1, 0.15) is 16.1 Å². The summed E-state index contributed by atoms with van der Waals surface area (Å²) < 4.78 is 1.61. The summed E-state index contributed by atoms with van der Waals surface area (Å²) in [5, 5.41) is 4.69. The van der Waals surface area contributed by atoms with Crippen LogP contribution in [0.4, 0.5) is 11.4 Å². The van der Waals surface area contributed by atoms with Crippen molar-refractivity contribution in [2.75, 3.05) is 17.7 Å². The first-order chi connectivity index (χ1) is 8.90. The van der Waals surface area contributed by atoms with Crippen molar-refractivity contribution < 1.29 is 4.79 Å². The van der Waals surface area contributed by atoms with E-state index in [9.17, 15) is 4.79 Å². The van der Waals surface area contributed by atoms with Gasteiger partial charge in [0.2, 0.25) is 0 Å². The molecule has 0 bridgehead atoms. The lowest BCUT2D eigenvalue weighted by Gasteiger charge is -2.19. The van der Waals surface area contributed by atoms with Gasteiger partial charge in [-0.2, -0.15) is 5.10 Å². The molecule has 100 valence electrons. The molecular weight excluding hydrogens is 264 g/mol. The molecule has 6 heteroatoms. The van der Waals surface area contributed by atoms with E-state index in [1.165, 1.54) is 4.90 Å². The lowest BCUT2D eigenvalue weighted by Crippen LogP contribution is -2.27. The van der Waals surface area contributed by atoms with Crippen molar-refractivity contribution in [2.45, 2.75) is 6.92 Å². The van der Waals surface area contributed by atoms with Crippen LogP contribution in [0.25, 0.3) is 0 Å². The number of rotatable bonds is 2. The van der Waals surface area contributed by atoms with Crippen molar-refractivity contribution in [3.63, 3.8) is 0 Å². The Labute approximate surface area is 116 Å². The van der Waals surface area contributed by atoms with E-state index < -0.39 is 0 Å². The van der Waals surface area contributed by atoms with Crippen LogP contribution in [0.5, 0.6) is 0 Å². The summed E-state index contributed by atoms with van der Waals surface area (Å²) in [4.78, 5) is 13.9. The Balaban J connectivity index is 2.39. The number of benzene rings is 1. The van der Waals surface area contributed by atoms with Gasteiger partial charge in [-0.3, -0.25) is 9.48 Å². The highest BCUT2D eigenvalue weighted by atomic mass is 35.5. The Morgan fingerprint density at radius 2 is 2.16 bits per heavy atom. The second-order valence-electron chi connectivity index (χ2n) is 4.37. The minimum atomic E-state index is -0.167. The highest BCUT2D eigenvalue weighted by molar-refractivity contribution is 6.31. The zero-order valence-electron chi connectivity index (χ0n) is 11.0. The number of nitrogens with zero attached hydrogens (tertiary/aromatic N) is 3. The molecule has 1 amide bonds. The predicted molar refractivity (Wildman–Crippen MR) is 76.5 cm³/mol. The summed E-state index contributed by atoms with van der Waals surface area (Å²) in [5.74, 6) is -0.167. The fourth-order valence-electron chi connectivity index (χ4n) is 1.91. The molecule has 2 aromatic rings. The van der Waals surface area contributed by atoms with Gasteiger partial charge in [0.05, 0.1) is 22.6 Å². The van der Waals surface area contributed by atoms with Gasteiger partial charge in [0.1, 0.15) is 0 Å². The van der Waals surface area contributed by atoms with Gasteiger partial charge in [0.25, 0.3) is 5.91 Å². The molecule has 5 nitrogen and oxygen atoms in total. The molecule has 0 saturated heterocycles. The van der Waals surface area contributed by atoms with Gasteiger partial charge in [-0.1, -0.05) is 11.6 Å². The third-order valence-corrected chi connectivity index (χ3v) is 3.14. The van der Waals surface area contributed by atoms with Gasteiger partial charge in [-0.25, -0.2) is 0 Å². The summed E-state index contributed by atoms with van der Waals surface area (Å²) in [6.07, 6.45) is 1.69. The van der Waals surface area contributed by atoms with E-state index in [2.05, 4.69) is 5.10 Å². The number of hydrogen-bond donors (Lipinski definition) is 1. The van der Waals surface area contributed by atoms with E-state index in [1.807, 2.05) is 0 Å². The quantitative estimate of drug-likeness (QED) is 0.857. The molecule has 0 spiro atoms. The van der Waals surface area contributed by atoms with Gasteiger partial charge < -0.3 is 10.6 Å². The lowest BCUT2D eigenvalue weighted by molar-refractivity contribution is 0.0992. The number of nitrogen functional groups attached to an aromatic ring is 1. The van der Waals surface area contributed by atoms with Crippen LogP contribution >= 0.6 is 11.6 Å².